The minimum atomic E-state index is -1.05. The van der Waals surface area contributed by atoms with E-state index >= 15 is 0 Å². The number of carbonyl (C=O) groups is 2. The zero-order valence-corrected chi connectivity index (χ0v) is 10.4. The molecule has 1 rings (SSSR count). The summed E-state index contributed by atoms with van der Waals surface area (Å²) < 4.78 is 4.83. The number of rotatable bonds is 6. The fourth-order valence-corrected chi connectivity index (χ4v) is 1.44. The zero-order chi connectivity index (χ0) is 13.5. The molecule has 18 heavy (non-hydrogen) atoms. The van der Waals surface area contributed by atoms with Crippen LogP contribution in [0.25, 0.3) is 0 Å². The molecule has 1 heterocycles. The van der Waals surface area contributed by atoms with Gasteiger partial charge in [-0.05, 0) is 25.6 Å². The van der Waals surface area contributed by atoms with Gasteiger partial charge in [-0.25, -0.2) is 9.78 Å². The Hall–Kier alpha value is -1.95. The predicted octanol–water partition coefficient (Wildman–Crippen LogP) is 0.775. The number of pyridine rings is 1. The molecule has 6 heteroatoms. The first kappa shape index (κ1) is 14.1. The third-order valence-corrected chi connectivity index (χ3v) is 2.20. The normalized spacial score (nSPS) is 10.4. The molecule has 0 saturated carbocycles. The molecule has 0 aliphatic carbocycles. The van der Waals surface area contributed by atoms with Gasteiger partial charge in [-0.1, -0.05) is 6.07 Å². The average Bonchev–Trinajstić information content (AvgIpc) is 2.29. The fraction of sp³-hybridized carbons (Fsp3) is 0.417. The van der Waals surface area contributed by atoms with Crippen molar-refractivity contribution in [3.63, 3.8) is 0 Å². The van der Waals surface area contributed by atoms with Crippen LogP contribution in [0.4, 0.5) is 0 Å². The van der Waals surface area contributed by atoms with Gasteiger partial charge in [0.15, 0.2) is 0 Å². The monoisotopic (exact) mass is 252 g/mol. The third-order valence-electron chi connectivity index (χ3n) is 2.20. The van der Waals surface area contributed by atoms with Gasteiger partial charge < -0.3 is 9.84 Å². The molecule has 0 spiro atoms. The Morgan fingerprint density at radius 2 is 2.17 bits per heavy atom. The molecular weight excluding hydrogens is 236 g/mol. The van der Waals surface area contributed by atoms with Gasteiger partial charge in [-0.2, -0.15) is 0 Å². The highest BCUT2D eigenvalue weighted by Crippen LogP contribution is 2.03. The Kier molecular flexibility index (Phi) is 5.26. The number of carboxylic acids is 1. The number of nitrogens with zero attached hydrogens (tertiary/aromatic N) is 2. The number of ether oxygens (including phenoxy) is 1. The lowest BCUT2D eigenvalue weighted by Gasteiger charge is -2.15. The van der Waals surface area contributed by atoms with E-state index in [0.29, 0.717) is 13.2 Å². The fourth-order valence-electron chi connectivity index (χ4n) is 1.44. The molecule has 6 nitrogen and oxygen atoms in total. The molecule has 0 unspecified atom stereocenters. The Morgan fingerprint density at radius 3 is 2.67 bits per heavy atom. The van der Waals surface area contributed by atoms with E-state index in [9.17, 15) is 9.59 Å². The molecule has 98 valence electrons. The molecule has 0 atom stereocenters. The number of carbonyl (C=O) groups excluding carboxylic acids is 1. The first-order valence-corrected chi connectivity index (χ1v) is 5.55. The van der Waals surface area contributed by atoms with Crippen LogP contribution in [0.2, 0.25) is 0 Å². The summed E-state index contributed by atoms with van der Waals surface area (Å²) in [6, 6.07) is 3.12. The van der Waals surface area contributed by atoms with Crippen molar-refractivity contribution < 1.29 is 19.4 Å². The second kappa shape index (κ2) is 6.70. The van der Waals surface area contributed by atoms with Crippen LogP contribution >= 0.6 is 0 Å². The van der Waals surface area contributed by atoms with Gasteiger partial charge in [0.1, 0.15) is 5.69 Å². The van der Waals surface area contributed by atoms with Gasteiger partial charge in [0, 0.05) is 12.7 Å². The molecule has 1 aromatic heterocycles. The first-order valence-electron chi connectivity index (χ1n) is 5.55. The SMILES string of the molecule is CCOC(=O)CN(C)Cc1ccc(C(=O)O)nc1. The number of aromatic nitrogens is 1. The minimum absolute atomic E-state index is 0.00629. The van der Waals surface area contributed by atoms with Gasteiger partial charge in [0.25, 0.3) is 0 Å². The van der Waals surface area contributed by atoms with Crippen molar-refractivity contribution in [3.05, 3.63) is 29.6 Å². The van der Waals surface area contributed by atoms with Crippen molar-refractivity contribution in [3.8, 4) is 0 Å². The van der Waals surface area contributed by atoms with Crippen molar-refractivity contribution in [2.75, 3.05) is 20.2 Å². The maximum Gasteiger partial charge on any atom is 0.354 e. The number of carboxylic acid groups (broad SMARTS) is 1. The van der Waals surface area contributed by atoms with Crippen LogP contribution in [-0.2, 0) is 16.1 Å². The molecule has 0 saturated heterocycles. The van der Waals surface area contributed by atoms with Crippen LogP contribution in [0, 0.1) is 0 Å². The highest BCUT2D eigenvalue weighted by molar-refractivity contribution is 5.85. The summed E-state index contributed by atoms with van der Waals surface area (Å²) in [5.41, 5.74) is 0.846. The van der Waals surface area contributed by atoms with Crippen LogP contribution in [-0.4, -0.2) is 47.1 Å². The van der Waals surface area contributed by atoms with Gasteiger partial charge >= 0.3 is 11.9 Å². The number of hydrogen-bond acceptors (Lipinski definition) is 5. The van der Waals surface area contributed by atoms with Crippen molar-refractivity contribution in [2.45, 2.75) is 13.5 Å². The Morgan fingerprint density at radius 1 is 1.44 bits per heavy atom. The smallest absolute Gasteiger partial charge is 0.354 e. The lowest BCUT2D eigenvalue weighted by Crippen LogP contribution is -2.27. The summed E-state index contributed by atoms with van der Waals surface area (Å²) in [6.07, 6.45) is 1.49. The quantitative estimate of drug-likeness (QED) is 0.753. The highest BCUT2D eigenvalue weighted by atomic mass is 16.5. The first-order chi connectivity index (χ1) is 8.52. The molecule has 0 bridgehead atoms. The van der Waals surface area contributed by atoms with Crippen molar-refractivity contribution >= 4 is 11.9 Å². The summed E-state index contributed by atoms with van der Waals surface area (Å²) in [5, 5.41) is 8.70. The largest absolute Gasteiger partial charge is 0.477 e. The molecule has 0 aliphatic rings. The molecular formula is C12H16N2O4. The van der Waals surface area contributed by atoms with E-state index in [0.717, 1.165) is 5.56 Å². The van der Waals surface area contributed by atoms with Gasteiger partial charge in [0.2, 0.25) is 0 Å². The van der Waals surface area contributed by atoms with Crippen LogP contribution < -0.4 is 0 Å². The summed E-state index contributed by atoms with van der Waals surface area (Å²) in [6.45, 7) is 2.81. The number of esters is 1. The lowest BCUT2D eigenvalue weighted by atomic mass is 10.2. The maximum atomic E-state index is 11.2. The second-order valence-corrected chi connectivity index (χ2v) is 3.83. The van der Waals surface area contributed by atoms with Gasteiger partial charge in [0.05, 0.1) is 13.2 Å². The number of hydrogen-bond donors (Lipinski definition) is 1. The van der Waals surface area contributed by atoms with Gasteiger partial charge in [-0.3, -0.25) is 9.69 Å². The molecule has 1 N–H and O–H groups in total. The Bertz CT molecular complexity index is 417. The summed E-state index contributed by atoms with van der Waals surface area (Å²) in [7, 11) is 1.78. The Balaban J connectivity index is 2.51. The highest BCUT2D eigenvalue weighted by Gasteiger charge is 2.09. The van der Waals surface area contributed by atoms with E-state index in [1.54, 1.807) is 24.9 Å². The van der Waals surface area contributed by atoms with Crippen molar-refractivity contribution in [1.82, 2.24) is 9.88 Å². The van der Waals surface area contributed by atoms with E-state index in [1.807, 2.05) is 0 Å². The van der Waals surface area contributed by atoms with E-state index in [-0.39, 0.29) is 18.2 Å². The topological polar surface area (TPSA) is 79.7 Å². The summed E-state index contributed by atoms with van der Waals surface area (Å²) in [4.78, 5) is 27.4. The van der Waals surface area contributed by atoms with Crippen LogP contribution in [0.15, 0.2) is 18.3 Å². The molecule has 0 aliphatic heterocycles. The lowest BCUT2D eigenvalue weighted by molar-refractivity contribution is -0.144. The molecule has 0 aromatic carbocycles. The van der Waals surface area contributed by atoms with Crippen LogP contribution in [0.1, 0.15) is 23.0 Å². The van der Waals surface area contributed by atoms with Crippen LogP contribution in [0.5, 0.6) is 0 Å². The van der Waals surface area contributed by atoms with E-state index in [2.05, 4.69) is 4.98 Å². The number of likely N-dealkylation sites (N-methyl/N-ethyl adjacent to an activating group) is 1. The zero-order valence-electron chi connectivity index (χ0n) is 10.4. The van der Waals surface area contributed by atoms with Crippen molar-refractivity contribution in [1.29, 1.82) is 0 Å². The molecule has 1 aromatic rings. The van der Waals surface area contributed by atoms with E-state index in [1.165, 1.54) is 12.3 Å². The Labute approximate surface area is 105 Å². The molecule has 0 fully saturated rings. The molecule has 0 amide bonds. The maximum absolute atomic E-state index is 11.2. The standard InChI is InChI=1S/C12H16N2O4/c1-3-18-11(15)8-14(2)7-9-4-5-10(12(16)17)13-6-9/h4-6H,3,7-8H2,1-2H3,(H,16,17). The third kappa shape index (κ3) is 4.50. The summed E-state index contributed by atoms with van der Waals surface area (Å²) >= 11 is 0. The van der Waals surface area contributed by atoms with Crippen molar-refractivity contribution in [2.24, 2.45) is 0 Å². The number of aromatic carboxylic acids is 1. The van der Waals surface area contributed by atoms with E-state index in [4.69, 9.17) is 9.84 Å². The summed E-state index contributed by atoms with van der Waals surface area (Å²) in [5.74, 6) is -1.34. The second-order valence-electron chi connectivity index (χ2n) is 3.83. The molecule has 0 radical (unpaired) electrons. The van der Waals surface area contributed by atoms with Gasteiger partial charge in [-0.15, -0.1) is 0 Å². The van der Waals surface area contributed by atoms with Crippen LogP contribution in [0.3, 0.4) is 0 Å². The average molecular weight is 252 g/mol. The minimum Gasteiger partial charge on any atom is -0.477 e. The predicted molar refractivity (Wildman–Crippen MR) is 64.2 cm³/mol. The van der Waals surface area contributed by atoms with E-state index < -0.39 is 5.97 Å².